The number of hydrogen-bond acceptors (Lipinski definition) is 3. The van der Waals surface area contributed by atoms with Crippen LogP contribution in [0.4, 0.5) is 5.69 Å². The summed E-state index contributed by atoms with van der Waals surface area (Å²) in [5, 5.41) is 10.8. The Morgan fingerprint density at radius 1 is 1.09 bits per heavy atom. The average Bonchev–Trinajstić information content (AvgIpc) is 3.06. The number of hydrogen-bond donors (Lipinski definition) is 2. The molecule has 2 aliphatic heterocycles. The zero-order valence-corrected chi connectivity index (χ0v) is 19.8. The summed E-state index contributed by atoms with van der Waals surface area (Å²) in [5.41, 5.74) is 12.7. The number of para-hydroxylation sites is 1. The molecule has 0 bridgehead atoms. The monoisotopic (exact) mass is 457 g/mol. The van der Waals surface area contributed by atoms with Crippen molar-refractivity contribution < 1.29 is 14.7 Å². The molecular formula is C28H31N3O3. The smallest absolute Gasteiger partial charge is 0.335 e. The minimum absolute atomic E-state index is 0.0560. The van der Waals surface area contributed by atoms with Crippen LogP contribution in [-0.4, -0.2) is 28.1 Å². The second-order valence-electron chi connectivity index (χ2n) is 10.7. The SMILES string of the molecule is CC1(C)C(=O)N2CCn3c(c(C4CCCCC4)c4ccc(C(=O)O)cc43)-c3cccc(c32)[C@H]1N. The third kappa shape index (κ3) is 2.84. The molecule has 0 spiro atoms. The lowest BCUT2D eigenvalue weighted by Crippen LogP contribution is -2.51. The minimum Gasteiger partial charge on any atom is -0.478 e. The number of nitrogens with two attached hydrogens (primary N) is 1. The van der Waals surface area contributed by atoms with Crippen LogP contribution in [0, 0.1) is 5.41 Å². The van der Waals surface area contributed by atoms with Gasteiger partial charge in [-0.05, 0) is 55.9 Å². The number of amides is 1. The van der Waals surface area contributed by atoms with Crippen molar-refractivity contribution in [2.75, 3.05) is 11.4 Å². The fraction of sp³-hybridized carbons (Fsp3) is 0.429. The molecule has 1 aromatic heterocycles. The Morgan fingerprint density at radius 2 is 1.85 bits per heavy atom. The summed E-state index contributed by atoms with van der Waals surface area (Å²) >= 11 is 0. The van der Waals surface area contributed by atoms with Crippen molar-refractivity contribution in [2.45, 2.75) is 64.5 Å². The summed E-state index contributed by atoms with van der Waals surface area (Å²) in [6, 6.07) is 11.4. The summed E-state index contributed by atoms with van der Waals surface area (Å²) in [4.78, 5) is 27.4. The first-order valence-corrected chi connectivity index (χ1v) is 12.4. The zero-order chi connectivity index (χ0) is 23.8. The first-order chi connectivity index (χ1) is 16.3. The van der Waals surface area contributed by atoms with Crippen LogP contribution >= 0.6 is 0 Å². The van der Waals surface area contributed by atoms with Gasteiger partial charge in [-0.1, -0.05) is 43.5 Å². The van der Waals surface area contributed by atoms with Gasteiger partial charge in [-0.3, -0.25) is 4.79 Å². The van der Waals surface area contributed by atoms with Gasteiger partial charge < -0.3 is 20.3 Å². The van der Waals surface area contributed by atoms with Crippen molar-refractivity contribution in [1.82, 2.24) is 4.57 Å². The number of carbonyl (C=O) groups excluding carboxylic acids is 1. The Balaban J connectivity index is 1.69. The molecular weight excluding hydrogens is 426 g/mol. The van der Waals surface area contributed by atoms with E-state index in [0.717, 1.165) is 46.3 Å². The predicted molar refractivity (Wildman–Crippen MR) is 133 cm³/mol. The fourth-order valence-electron chi connectivity index (χ4n) is 6.53. The van der Waals surface area contributed by atoms with E-state index in [1.807, 2.05) is 30.9 Å². The fourth-order valence-corrected chi connectivity index (χ4v) is 6.53. The number of anilines is 1. The van der Waals surface area contributed by atoms with Crippen LogP contribution in [0.3, 0.4) is 0 Å². The molecule has 0 saturated heterocycles. The number of rotatable bonds is 2. The molecule has 1 amide bonds. The molecule has 0 unspecified atom stereocenters. The first-order valence-electron chi connectivity index (χ1n) is 12.4. The molecule has 1 fully saturated rings. The number of nitrogens with zero attached hydrogens (tertiary/aromatic N) is 2. The highest BCUT2D eigenvalue weighted by atomic mass is 16.4. The van der Waals surface area contributed by atoms with Crippen LogP contribution < -0.4 is 10.6 Å². The van der Waals surface area contributed by atoms with E-state index in [0.29, 0.717) is 24.6 Å². The van der Waals surface area contributed by atoms with Gasteiger partial charge in [0.15, 0.2) is 0 Å². The van der Waals surface area contributed by atoms with Gasteiger partial charge in [-0.2, -0.15) is 0 Å². The molecule has 0 radical (unpaired) electrons. The molecule has 176 valence electrons. The molecule has 6 rings (SSSR count). The van der Waals surface area contributed by atoms with Crippen LogP contribution in [0.25, 0.3) is 22.2 Å². The third-order valence-electron chi connectivity index (χ3n) is 8.41. The van der Waals surface area contributed by atoms with Crippen LogP contribution in [-0.2, 0) is 11.3 Å². The molecule has 6 nitrogen and oxygen atoms in total. The summed E-state index contributed by atoms with van der Waals surface area (Å²) in [6.07, 6.45) is 5.95. The first kappa shape index (κ1) is 21.4. The van der Waals surface area contributed by atoms with Crippen molar-refractivity contribution in [1.29, 1.82) is 0 Å². The maximum Gasteiger partial charge on any atom is 0.335 e. The molecule has 1 atom stereocenters. The van der Waals surface area contributed by atoms with Crippen LogP contribution in [0.2, 0.25) is 0 Å². The number of carboxylic acids is 1. The maximum absolute atomic E-state index is 13.6. The number of benzene rings is 2. The highest BCUT2D eigenvalue weighted by Crippen LogP contribution is 2.52. The van der Waals surface area contributed by atoms with Gasteiger partial charge in [0.25, 0.3) is 0 Å². The lowest BCUT2D eigenvalue weighted by molar-refractivity contribution is -0.128. The Morgan fingerprint density at radius 3 is 2.59 bits per heavy atom. The van der Waals surface area contributed by atoms with Gasteiger partial charge >= 0.3 is 5.97 Å². The van der Waals surface area contributed by atoms with Crippen molar-refractivity contribution in [3.8, 4) is 11.3 Å². The standard InChI is InChI=1S/C28H31N3O3/c1-28(2)25(29)20-10-6-9-19-23(20)31(27(28)34)14-13-30-21-15-17(26(32)33)11-12-18(21)22(24(19)30)16-7-4-3-5-8-16/h6,9-12,15-16,25H,3-5,7-8,13-14,29H2,1-2H3,(H,32,33)/t25-/m1/s1. The van der Waals surface area contributed by atoms with Gasteiger partial charge in [0, 0.05) is 35.6 Å². The second-order valence-corrected chi connectivity index (χ2v) is 10.7. The van der Waals surface area contributed by atoms with E-state index >= 15 is 0 Å². The minimum atomic E-state index is -0.921. The van der Waals surface area contributed by atoms with Crippen molar-refractivity contribution in [3.05, 3.63) is 53.1 Å². The molecule has 6 heteroatoms. The summed E-state index contributed by atoms with van der Waals surface area (Å²) < 4.78 is 2.27. The van der Waals surface area contributed by atoms with E-state index in [-0.39, 0.29) is 11.9 Å². The van der Waals surface area contributed by atoms with Gasteiger partial charge in [0.05, 0.1) is 22.4 Å². The molecule has 3 heterocycles. The summed E-state index contributed by atoms with van der Waals surface area (Å²) in [7, 11) is 0. The number of fused-ring (bicyclic) bond motifs is 4. The van der Waals surface area contributed by atoms with Crippen molar-refractivity contribution in [2.24, 2.45) is 11.1 Å². The van der Waals surface area contributed by atoms with E-state index in [2.05, 4.69) is 22.8 Å². The lowest BCUT2D eigenvalue weighted by Gasteiger charge is -2.43. The van der Waals surface area contributed by atoms with Gasteiger partial charge in [0.2, 0.25) is 5.91 Å². The molecule has 3 aliphatic rings. The summed E-state index contributed by atoms with van der Waals surface area (Å²) in [6.45, 7) is 5.02. The van der Waals surface area contributed by atoms with Crippen molar-refractivity contribution >= 4 is 28.5 Å². The van der Waals surface area contributed by atoms with Gasteiger partial charge in [-0.15, -0.1) is 0 Å². The van der Waals surface area contributed by atoms with E-state index in [1.165, 1.54) is 24.8 Å². The molecule has 1 aliphatic carbocycles. The van der Waals surface area contributed by atoms with E-state index < -0.39 is 11.4 Å². The van der Waals surface area contributed by atoms with E-state index in [4.69, 9.17) is 5.73 Å². The summed E-state index contributed by atoms with van der Waals surface area (Å²) in [5.74, 6) is -0.439. The molecule has 2 aromatic carbocycles. The van der Waals surface area contributed by atoms with E-state index in [9.17, 15) is 14.7 Å². The predicted octanol–water partition coefficient (Wildman–Crippen LogP) is 5.44. The Bertz CT molecular complexity index is 1350. The molecule has 34 heavy (non-hydrogen) atoms. The average molecular weight is 458 g/mol. The number of carbonyl (C=O) groups is 2. The lowest BCUT2D eigenvalue weighted by atomic mass is 9.74. The van der Waals surface area contributed by atoms with E-state index in [1.54, 1.807) is 6.07 Å². The van der Waals surface area contributed by atoms with Crippen LogP contribution in [0.15, 0.2) is 36.4 Å². The molecule has 3 aromatic rings. The quantitative estimate of drug-likeness (QED) is 0.536. The topological polar surface area (TPSA) is 88.6 Å². The zero-order valence-electron chi connectivity index (χ0n) is 19.8. The Hall–Kier alpha value is -3.12. The van der Waals surface area contributed by atoms with Crippen LogP contribution in [0.1, 0.15) is 79.4 Å². The largest absolute Gasteiger partial charge is 0.478 e. The van der Waals surface area contributed by atoms with Crippen molar-refractivity contribution in [3.63, 3.8) is 0 Å². The number of aromatic nitrogens is 1. The Labute approximate surface area is 199 Å². The van der Waals surface area contributed by atoms with Gasteiger partial charge in [0.1, 0.15) is 0 Å². The molecule has 3 N–H and O–H groups in total. The highest BCUT2D eigenvalue weighted by molar-refractivity contribution is 6.07. The number of carboxylic acid groups (broad SMARTS) is 1. The van der Waals surface area contributed by atoms with Gasteiger partial charge in [-0.25, -0.2) is 4.79 Å². The highest BCUT2D eigenvalue weighted by Gasteiger charge is 2.47. The van der Waals surface area contributed by atoms with Crippen LogP contribution in [0.5, 0.6) is 0 Å². The molecule has 1 saturated carbocycles. The third-order valence-corrected chi connectivity index (χ3v) is 8.41. The maximum atomic E-state index is 13.6. The number of aromatic carboxylic acids is 1. The second kappa shape index (κ2) is 7.44. The normalized spacial score (nSPS) is 21.8. The Kier molecular flexibility index (Phi) is 4.69.